The van der Waals surface area contributed by atoms with Gasteiger partial charge in [0.2, 0.25) is 0 Å². The van der Waals surface area contributed by atoms with Crippen LogP contribution in [0, 0.1) is 0 Å². The molecule has 0 aromatic carbocycles. The van der Waals surface area contributed by atoms with Gasteiger partial charge in [-0.15, -0.1) is 0 Å². The maximum Gasteiger partial charge on any atom is 0.271 e. The fraction of sp³-hybridized carbons (Fsp3) is 0.571. The van der Waals surface area contributed by atoms with Crippen LogP contribution < -0.4 is 5.32 Å². The molecule has 1 fully saturated rings. The molecular formula is C14H21BrN4O. The highest BCUT2D eigenvalue weighted by Gasteiger charge is 2.13. The molecule has 1 aromatic rings. The first-order valence-corrected chi connectivity index (χ1v) is 7.76. The molecule has 1 aromatic heterocycles. The van der Waals surface area contributed by atoms with Crippen LogP contribution in [0.1, 0.15) is 16.9 Å². The van der Waals surface area contributed by atoms with Gasteiger partial charge < -0.3 is 15.1 Å². The first kappa shape index (κ1) is 15.4. The molecule has 1 aliphatic heterocycles. The molecule has 0 unspecified atom stereocenters. The van der Waals surface area contributed by atoms with Crippen molar-refractivity contribution < 1.29 is 4.79 Å². The minimum Gasteiger partial charge on any atom is -0.351 e. The molecule has 1 amide bonds. The normalized spacial score (nSPS) is 17.1. The minimum atomic E-state index is -0.115. The molecule has 2 rings (SSSR count). The third-order valence-corrected chi connectivity index (χ3v) is 4.15. The predicted octanol–water partition coefficient (Wildman–Crippen LogP) is 1.21. The van der Waals surface area contributed by atoms with Crippen molar-refractivity contribution in [2.75, 3.05) is 46.3 Å². The molecule has 0 saturated carbocycles. The number of piperazine rings is 1. The van der Waals surface area contributed by atoms with E-state index in [4.69, 9.17) is 0 Å². The zero-order chi connectivity index (χ0) is 14.4. The average molecular weight is 341 g/mol. The zero-order valence-electron chi connectivity index (χ0n) is 11.8. The molecule has 0 aliphatic carbocycles. The van der Waals surface area contributed by atoms with Crippen LogP contribution >= 0.6 is 15.9 Å². The lowest BCUT2D eigenvalue weighted by atomic mass is 10.3. The Bertz CT molecular complexity index is 447. The van der Waals surface area contributed by atoms with Crippen LogP contribution in [-0.4, -0.2) is 67.0 Å². The first-order chi connectivity index (χ1) is 9.66. The topological polar surface area (TPSA) is 48.5 Å². The van der Waals surface area contributed by atoms with Gasteiger partial charge in [0.25, 0.3) is 5.91 Å². The van der Waals surface area contributed by atoms with Gasteiger partial charge in [0.1, 0.15) is 5.69 Å². The van der Waals surface area contributed by atoms with E-state index in [2.05, 4.69) is 43.1 Å². The Morgan fingerprint density at radius 2 is 2.15 bits per heavy atom. The van der Waals surface area contributed by atoms with E-state index in [1.165, 1.54) is 0 Å². The largest absolute Gasteiger partial charge is 0.351 e. The van der Waals surface area contributed by atoms with Crippen molar-refractivity contribution in [2.24, 2.45) is 0 Å². The number of hydrogen-bond donors (Lipinski definition) is 1. The molecule has 1 N–H and O–H groups in total. The van der Waals surface area contributed by atoms with Gasteiger partial charge in [-0.3, -0.25) is 4.79 Å². The van der Waals surface area contributed by atoms with Crippen molar-refractivity contribution >= 4 is 21.8 Å². The second-order valence-corrected chi connectivity index (χ2v) is 5.94. The van der Waals surface area contributed by atoms with Crippen molar-refractivity contribution in [2.45, 2.75) is 6.42 Å². The van der Waals surface area contributed by atoms with Crippen molar-refractivity contribution in [3.63, 3.8) is 0 Å². The fourth-order valence-corrected chi connectivity index (χ4v) is 2.65. The van der Waals surface area contributed by atoms with Gasteiger partial charge in [-0.2, -0.15) is 0 Å². The van der Waals surface area contributed by atoms with Crippen LogP contribution in [0.3, 0.4) is 0 Å². The van der Waals surface area contributed by atoms with E-state index in [0.29, 0.717) is 12.2 Å². The number of hydrogen-bond acceptors (Lipinski definition) is 4. The number of nitrogens with one attached hydrogen (secondary N) is 1. The summed E-state index contributed by atoms with van der Waals surface area (Å²) in [6, 6.07) is 3.63. The first-order valence-electron chi connectivity index (χ1n) is 6.96. The molecule has 0 bridgehead atoms. The maximum absolute atomic E-state index is 11.9. The molecule has 110 valence electrons. The van der Waals surface area contributed by atoms with E-state index in [1.807, 2.05) is 6.07 Å². The quantitative estimate of drug-likeness (QED) is 0.818. The van der Waals surface area contributed by atoms with Crippen LogP contribution in [0.4, 0.5) is 0 Å². The molecule has 1 saturated heterocycles. The van der Waals surface area contributed by atoms with Gasteiger partial charge in [-0.1, -0.05) is 0 Å². The summed E-state index contributed by atoms with van der Waals surface area (Å²) in [7, 11) is 2.16. The summed E-state index contributed by atoms with van der Waals surface area (Å²) in [5, 5.41) is 2.92. The highest BCUT2D eigenvalue weighted by Crippen LogP contribution is 2.12. The monoisotopic (exact) mass is 340 g/mol. The number of carbonyl (C=O) groups is 1. The Morgan fingerprint density at radius 1 is 1.40 bits per heavy atom. The molecule has 0 atom stereocenters. The van der Waals surface area contributed by atoms with Crippen LogP contribution in [0.2, 0.25) is 0 Å². The van der Waals surface area contributed by atoms with Crippen LogP contribution in [0.5, 0.6) is 0 Å². The summed E-state index contributed by atoms with van der Waals surface area (Å²) in [4.78, 5) is 20.8. The number of halogens is 1. The number of pyridine rings is 1. The van der Waals surface area contributed by atoms with Crippen LogP contribution in [-0.2, 0) is 0 Å². The van der Waals surface area contributed by atoms with Gasteiger partial charge in [0.05, 0.1) is 0 Å². The van der Waals surface area contributed by atoms with E-state index >= 15 is 0 Å². The molecule has 0 spiro atoms. The van der Waals surface area contributed by atoms with Gasteiger partial charge in [0.15, 0.2) is 0 Å². The van der Waals surface area contributed by atoms with E-state index in [-0.39, 0.29) is 5.91 Å². The van der Waals surface area contributed by atoms with E-state index in [1.54, 1.807) is 12.3 Å². The average Bonchev–Trinajstić information content (AvgIpc) is 2.46. The second-order valence-electron chi connectivity index (χ2n) is 5.09. The summed E-state index contributed by atoms with van der Waals surface area (Å²) in [6.45, 7) is 6.23. The molecule has 0 radical (unpaired) electrons. The third-order valence-electron chi connectivity index (χ3n) is 3.51. The lowest BCUT2D eigenvalue weighted by Crippen LogP contribution is -2.45. The van der Waals surface area contributed by atoms with Gasteiger partial charge in [-0.25, -0.2) is 4.98 Å². The molecule has 2 heterocycles. The summed E-state index contributed by atoms with van der Waals surface area (Å²) >= 11 is 3.34. The number of amides is 1. The standard InChI is InChI=1S/C14H21BrN4O/c1-18-8-10-19(11-9-18)7-3-6-17-14(20)13-12(15)4-2-5-16-13/h2,4-5H,3,6-11H2,1H3,(H,17,20). The van der Waals surface area contributed by atoms with Gasteiger partial charge >= 0.3 is 0 Å². The summed E-state index contributed by atoms with van der Waals surface area (Å²) in [6.07, 6.45) is 2.60. The molecular weight excluding hydrogens is 320 g/mol. The molecule has 20 heavy (non-hydrogen) atoms. The molecule has 1 aliphatic rings. The number of carbonyl (C=O) groups excluding carboxylic acids is 1. The lowest BCUT2D eigenvalue weighted by Gasteiger charge is -2.32. The maximum atomic E-state index is 11.9. The highest BCUT2D eigenvalue weighted by atomic mass is 79.9. The Labute approximate surface area is 128 Å². The Balaban J connectivity index is 1.66. The van der Waals surface area contributed by atoms with E-state index in [9.17, 15) is 4.79 Å². The Kier molecular flexibility index (Phi) is 5.94. The fourth-order valence-electron chi connectivity index (χ4n) is 2.21. The lowest BCUT2D eigenvalue weighted by molar-refractivity contribution is 0.0943. The van der Waals surface area contributed by atoms with Crippen molar-refractivity contribution in [3.8, 4) is 0 Å². The van der Waals surface area contributed by atoms with Gasteiger partial charge in [0, 0.05) is 43.4 Å². The number of rotatable bonds is 5. The summed E-state index contributed by atoms with van der Waals surface area (Å²) in [5.41, 5.74) is 0.451. The SMILES string of the molecule is CN1CCN(CCCNC(=O)c2ncccc2Br)CC1. The second kappa shape index (κ2) is 7.71. The van der Waals surface area contributed by atoms with E-state index in [0.717, 1.165) is 43.6 Å². The number of aromatic nitrogens is 1. The smallest absolute Gasteiger partial charge is 0.271 e. The molecule has 5 nitrogen and oxygen atoms in total. The highest BCUT2D eigenvalue weighted by molar-refractivity contribution is 9.10. The Morgan fingerprint density at radius 3 is 2.85 bits per heavy atom. The van der Waals surface area contributed by atoms with Crippen molar-refractivity contribution in [3.05, 3.63) is 28.5 Å². The minimum absolute atomic E-state index is 0.115. The van der Waals surface area contributed by atoms with Gasteiger partial charge in [-0.05, 0) is 48.1 Å². The van der Waals surface area contributed by atoms with E-state index < -0.39 is 0 Å². The third kappa shape index (κ3) is 4.54. The van der Waals surface area contributed by atoms with Crippen LogP contribution in [0.25, 0.3) is 0 Å². The zero-order valence-corrected chi connectivity index (χ0v) is 13.4. The number of nitrogens with zero attached hydrogens (tertiary/aromatic N) is 3. The van der Waals surface area contributed by atoms with Crippen LogP contribution in [0.15, 0.2) is 22.8 Å². The van der Waals surface area contributed by atoms with Crippen molar-refractivity contribution in [1.82, 2.24) is 20.1 Å². The van der Waals surface area contributed by atoms with Crippen molar-refractivity contribution in [1.29, 1.82) is 0 Å². The Hall–Kier alpha value is -0.980. The summed E-state index contributed by atoms with van der Waals surface area (Å²) < 4.78 is 0.733. The number of likely N-dealkylation sites (N-methyl/N-ethyl adjacent to an activating group) is 1. The summed E-state index contributed by atoms with van der Waals surface area (Å²) in [5.74, 6) is -0.115. The predicted molar refractivity (Wildman–Crippen MR) is 82.8 cm³/mol. The molecule has 6 heteroatoms.